The molecule has 3 heterocycles. The first-order valence-corrected chi connectivity index (χ1v) is 8.78. The van der Waals surface area contributed by atoms with Gasteiger partial charge in [0.25, 0.3) is 5.89 Å². The fourth-order valence-electron chi connectivity index (χ4n) is 2.29. The molecule has 0 saturated carbocycles. The number of rotatable bonds is 3. The minimum Gasteiger partial charge on any atom is -0.378 e. The van der Waals surface area contributed by atoms with Gasteiger partial charge in [0, 0.05) is 13.0 Å². The Kier molecular flexibility index (Phi) is 3.25. The van der Waals surface area contributed by atoms with Gasteiger partial charge in [-0.3, -0.25) is 0 Å². The lowest BCUT2D eigenvalue weighted by atomic mass is 10.1. The summed E-state index contributed by atoms with van der Waals surface area (Å²) in [5, 5.41) is 7.83. The van der Waals surface area contributed by atoms with E-state index in [1.165, 1.54) is 11.5 Å². The Morgan fingerprint density at radius 1 is 1.45 bits per heavy atom. The van der Waals surface area contributed by atoms with Crippen LogP contribution in [-0.4, -0.2) is 41.5 Å². The van der Waals surface area contributed by atoms with Crippen molar-refractivity contribution in [3.63, 3.8) is 0 Å². The standard InChI is InChI=1S/C11H14N4O3S2/c1-6-8(11(12-2)19-15-6)10-13-9(14-18-10)7-3-4-20(16,17)5-7/h7,12H,3-5H2,1-2H3. The second-order valence-corrected chi connectivity index (χ2v) is 7.78. The van der Waals surface area contributed by atoms with Crippen molar-refractivity contribution >= 4 is 26.4 Å². The largest absolute Gasteiger partial charge is 0.378 e. The van der Waals surface area contributed by atoms with Crippen molar-refractivity contribution in [2.45, 2.75) is 19.3 Å². The van der Waals surface area contributed by atoms with Gasteiger partial charge in [-0.15, -0.1) is 0 Å². The summed E-state index contributed by atoms with van der Waals surface area (Å²) < 4.78 is 32.5. The third-order valence-corrected chi connectivity index (χ3v) is 6.07. The summed E-state index contributed by atoms with van der Waals surface area (Å²) in [6.07, 6.45) is 0.557. The van der Waals surface area contributed by atoms with Crippen molar-refractivity contribution in [1.29, 1.82) is 0 Å². The number of hydrogen-bond donors (Lipinski definition) is 1. The third-order valence-electron chi connectivity index (χ3n) is 3.34. The fourth-order valence-corrected chi connectivity index (χ4v) is 4.77. The SMILES string of the molecule is CNc1snc(C)c1-c1nc(C2CCS(=O)(=O)C2)no1. The van der Waals surface area contributed by atoms with E-state index in [4.69, 9.17) is 4.52 Å². The van der Waals surface area contributed by atoms with Crippen LogP contribution in [0.15, 0.2) is 4.52 Å². The predicted octanol–water partition coefficient (Wildman–Crippen LogP) is 1.45. The average molecular weight is 314 g/mol. The first-order chi connectivity index (χ1) is 9.50. The molecule has 9 heteroatoms. The van der Waals surface area contributed by atoms with Crippen LogP contribution in [0.2, 0.25) is 0 Å². The van der Waals surface area contributed by atoms with Gasteiger partial charge in [-0.1, -0.05) is 5.16 Å². The van der Waals surface area contributed by atoms with Crippen LogP contribution in [0.1, 0.15) is 23.9 Å². The van der Waals surface area contributed by atoms with Crippen LogP contribution in [0.4, 0.5) is 5.00 Å². The summed E-state index contributed by atoms with van der Waals surface area (Å²) in [6, 6.07) is 0. The Bertz CT molecular complexity index is 735. The first-order valence-electron chi connectivity index (χ1n) is 6.18. The highest BCUT2D eigenvalue weighted by Gasteiger charge is 2.33. The summed E-state index contributed by atoms with van der Waals surface area (Å²) in [7, 11) is -1.15. The van der Waals surface area contributed by atoms with Crippen LogP contribution in [0.25, 0.3) is 11.5 Å². The van der Waals surface area contributed by atoms with Crippen LogP contribution >= 0.6 is 11.5 Å². The zero-order valence-electron chi connectivity index (χ0n) is 11.1. The van der Waals surface area contributed by atoms with Crippen LogP contribution in [0, 0.1) is 6.92 Å². The molecule has 0 aliphatic carbocycles. The molecule has 1 atom stereocenters. The maximum atomic E-state index is 11.5. The summed E-state index contributed by atoms with van der Waals surface area (Å²) in [4.78, 5) is 4.35. The summed E-state index contributed by atoms with van der Waals surface area (Å²) in [6.45, 7) is 1.87. The summed E-state index contributed by atoms with van der Waals surface area (Å²) >= 11 is 1.33. The van der Waals surface area contributed by atoms with Crippen molar-refractivity contribution in [1.82, 2.24) is 14.5 Å². The first kappa shape index (κ1) is 13.5. The molecule has 108 valence electrons. The van der Waals surface area contributed by atoms with Crippen LogP contribution < -0.4 is 5.32 Å². The molecule has 1 fully saturated rings. The molecule has 1 aliphatic rings. The van der Waals surface area contributed by atoms with E-state index in [0.29, 0.717) is 18.1 Å². The number of anilines is 1. The Morgan fingerprint density at radius 3 is 2.90 bits per heavy atom. The van der Waals surface area contributed by atoms with Gasteiger partial charge in [0.05, 0.1) is 22.8 Å². The van der Waals surface area contributed by atoms with Crippen molar-refractivity contribution < 1.29 is 12.9 Å². The van der Waals surface area contributed by atoms with Crippen LogP contribution in [0.3, 0.4) is 0 Å². The second kappa shape index (κ2) is 4.81. The average Bonchev–Trinajstić information content (AvgIpc) is 3.07. The molecule has 2 aromatic rings. The highest BCUT2D eigenvalue weighted by molar-refractivity contribution is 7.91. The lowest BCUT2D eigenvalue weighted by molar-refractivity contribution is 0.418. The van der Waals surface area contributed by atoms with Crippen molar-refractivity contribution in [2.24, 2.45) is 0 Å². The summed E-state index contributed by atoms with van der Waals surface area (Å²) in [5.74, 6) is 0.990. The number of hydrogen-bond acceptors (Lipinski definition) is 8. The predicted molar refractivity (Wildman–Crippen MR) is 75.7 cm³/mol. The van der Waals surface area contributed by atoms with E-state index in [1.807, 2.05) is 6.92 Å². The number of nitrogens with zero attached hydrogens (tertiary/aromatic N) is 3. The molecule has 0 amide bonds. The highest BCUT2D eigenvalue weighted by atomic mass is 32.2. The Hall–Kier alpha value is -1.48. The Labute approximate surface area is 120 Å². The molecule has 3 rings (SSSR count). The van der Waals surface area contributed by atoms with Gasteiger partial charge in [0.15, 0.2) is 15.7 Å². The molecule has 1 aliphatic heterocycles. The number of aromatic nitrogens is 3. The topological polar surface area (TPSA) is 98.0 Å². The lowest BCUT2D eigenvalue weighted by Gasteiger charge is -1.99. The van der Waals surface area contributed by atoms with Crippen LogP contribution in [0.5, 0.6) is 0 Å². The van der Waals surface area contributed by atoms with Gasteiger partial charge in [-0.25, -0.2) is 8.42 Å². The van der Waals surface area contributed by atoms with E-state index in [9.17, 15) is 8.42 Å². The Balaban J connectivity index is 1.93. The zero-order chi connectivity index (χ0) is 14.3. The Morgan fingerprint density at radius 2 is 2.25 bits per heavy atom. The van der Waals surface area contributed by atoms with Crippen molar-refractivity contribution in [3.05, 3.63) is 11.5 Å². The van der Waals surface area contributed by atoms with E-state index < -0.39 is 9.84 Å². The molecule has 20 heavy (non-hydrogen) atoms. The van der Waals surface area contributed by atoms with Gasteiger partial charge in [0.2, 0.25) is 0 Å². The molecular weight excluding hydrogens is 300 g/mol. The number of nitrogens with one attached hydrogen (secondary N) is 1. The van der Waals surface area contributed by atoms with Gasteiger partial charge in [-0.05, 0) is 24.9 Å². The normalized spacial score (nSPS) is 21.2. The van der Waals surface area contributed by atoms with Crippen molar-refractivity contribution in [3.8, 4) is 11.5 Å². The van der Waals surface area contributed by atoms with Gasteiger partial charge in [0.1, 0.15) is 5.00 Å². The van der Waals surface area contributed by atoms with E-state index >= 15 is 0 Å². The quantitative estimate of drug-likeness (QED) is 0.915. The maximum Gasteiger partial charge on any atom is 0.262 e. The minimum atomic E-state index is -2.95. The smallest absolute Gasteiger partial charge is 0.262 e. The van der Waals surface area contributed by atoms with E-state index in [0.717, 1.165) is 16.3 Å². The zero-order valence-corrected chi connectivity index (χ0v) is 12.7. The second-order valence-electron chi connectivity index (χ2n) is 4.78. The number of aryl methyl sites for hydroxylation is 1. The molecule has 0 radical (unpaired) electrons. The monoisotopic (exact) mass is 314 g/mol. The van der Waals surface area contributed by atoms with E-state index in [1.54, 1.807) is 7.05 Å². The summed E-state index contributed by atoms with van der Waals surface area (Å²) in [5.41, 5.74) is 1.60. The third kappa shape index (κ3) is 2.31. The molecule has 1 N–H and O–H groups in total. The molecule has 1 saturated heterocycles. The minimum absolute atomic E-state index is 0.103. The number of sulfone groups is 1. The van der Waals surface area contributed by atoms with E-state index in [2.05, 4.69) is 19.8 Å². The highest BCUT2D eigenvalue weighted by Crippen LogP contribution is 2.35. The molecule has 7 nitrogen and oxygen atoms in total. The molecule has 0 bridgehead atoms. The molecule has 0 aromatic carbocycles. The van der Waals surface area contributed by atoms with Crippen molar-refractivity contribution in [2.75, 3.05) is 23.9 Å². The maximum absolute atomic E-state index is 11.5. The van der Waals surface area contributed by atoms with Gasteiger partial charge < -0.3 is 9.84 Å². The van der Waals surface area contributed by atoms with Gasteiger partial charge in [-0.2, -0.15) is 9.36 Å². The van der Waals surface area contributed by atoms with Gasteiger partial charge >= 0.3 is 0 Å². The molecule has 2 aromatic heterocycles. The van der Waals surface area contributed by atoms with E-state index in [-0.39, 0.29) is 17.4 Å². The lowest BCUT2D eigenvalue weighted by Crippen LogP contribution is -2.05. The molecule has 0 spiro atoms. The molecular formula is C11H14N4O3S2. The molecule has 1 unspecified atom stereocenters. The van der Waals surface area contributed by atoms with Crippen LogP contribution in [-0.2, 0) is 9.84 Å². The fraction of sp³-hybridized carbons (Fsp3) is 0.545.